The molecule has 2 aromatic carbocycles. The van der Waals surface area contributed by atoms with Crippen LogP contribution in [0.2, 0.25) is 10.0 Å². The maximum Gasteiger partial charge on any atom is 0.242 e. The van der Waals surface area contributed by atoms with E-state index in [4.69, 9.17) is 23.2 Å². The lowest BCUT2D eigenvalue weighted by Gasteiger charge is -2.30. The first-order valence-corrected chi connectivity index (χ1v) is 11.2. The fraction of sp³-hybridized carbons (Fsp3) is 0.417. The minimum atomic E-state index is -0.578. The third-order valence-electron chi connectivity index (χ3n) is 5.70. The van der Waals surface area contributed by atoms with Gasteiger partial charge >= 0.3 is 0 Å². The van der Waals surface area contributed by atoms with Gasteiger partial charge in [0.15, 0.2) is 0 Å². The Balaban J connectivity index is 1.78. The molecule has 0 saturated heterocycles. The first-order valence-electron chi connectivity index (χ1n) is 10.4. The van der Waals surface area contributed by atoms with E-state index in [1.165, 1.54) is 0 Å². The fourth-order valence-electron chi connectivity index (χ4n) is 3.79. The number of benzene rings is 2. The zero-order valence-electron chi connectivity index (χ0n) is 17.5. The van der Waals surface area contributed by atoms with Crippen molar-refractivity contribution >= 4 is 35.0 Å². The van der Waals surface area contributed by atoms with Gasteiger partial charge in [-0.3, -0.25) is 9.59 Å². The van der Waals surface area contributed by atoms with Gasteiger partial charge in [-0.05, 0) is 49.9 Å². The minimum Gasteiger partial charge on any atom is -0.352 e. The molecule has 2 amide bonds. The van der Waals surface area contributed by atoms with E-state index < -0.39 is 6.04 Å². The van der Waals surface area contributed by atoms with E-state index in [0.29, 0.717) is 22.2 Å². The quantitative estimate of drug-likeness (QED) is 0.625. The van der Waals surface area contributed by atoms with E-state index in [-0.39, 0.29) is 24.3 Å². The van der Waals surface area contributed by atoms with Crippen LogP contribution in [0.5, 0.6) is 0 Å². The fourth-order valence-corrected chi connectivity index (χ4v) is 4.27. The lowest BCUT2D eigenvalue weighted by molar-refractivity contribution is -0.140. The summed E-state index contributed by atoms with van der Waals surface area (Å²) in [6, 6.07) is 12.7. The summed E-state index contributed by atoms with van der Waals surface area (Å²) in [6.07, 6.45) is 4.40. The number of aryl methyl sites for hydroxylation is 1. The van der Waals surface area contributed by atoms with Crippen LogP contribution in [0.25, 0.3) is 0 Å². The maximum atomic E-state index is 13.3. The average molecular weight is 447 g/mol. The highest BCUT2D eigenvalue weighted by molar-refractivity contribution is 6.35. The molecule has 1 N–H and O–H groups in total. The Kier molecular flexibility index (Phi) is 7.79. The van der Waals surface area contributed by atoms with Crippen molar-refractivity contribution in [1.29, 1.82) is 0 Å². The molecule has 160 valence electrons. The Bertz CT molecular complexity index is 893. The predicted molar refractivity (Wildman–Crippen MR) is 122 cm³/mol. The van der Waals surface area contributed by atoms with Gasteiger partial charge in [-0.2, -0.15) is 0 Å². The second-order valence-electron chi connectivity index (χ2n) is 8.09. The molecule has 30 heavy (non-hydrogen) atoms. The molecule has 0 aliphatic heterocycles. The number of nitrogens with zero attached hydrogens (tertiary/aromatic N) is 1. The Morgan fingerprint density at radius 1 is 1.10 bits per heavy atom. The third-order valence-corrected chi connectivity index (χ3v) is 6.29. The van der Waals surface area contributed by atoms with Crippen molar-refractivity contribution in [2.24, 2.45) is 0 Å². The molecule has 0 unspecified atom stereocenters. The average Bonchev–Trinajstić information content (AvgIpc) is 3.22. The number of hydrogen-bond acceptors (Lipinski definition) is 2. The minimum absolute atomic E-state index is 0.107. The largest absolute Gasteiger partial charge is 0.352 e. The third kappa shape index (κ3) is 5.99. The summed E-state index contributed by atoms with van der Waals surface area (Å²) in [6.45, 7) is 4.18. The Hall–Kier alpha value is -2.04. The van der Waals surface area contributed by atoms with Crippen molar-refractivity contribution in [2.75, 3.05) is 0 Å². The van der Waals surface area contributed by atoms with Crippen LogP contribution < -0.4 is 5.32 Å². The number of halogens is 2. The van der Waals surface area contributed by atoms with E-state index in [2.05, 4.69) is 5.32 Å². The van der Waals surface area contributed by atoms with Gasteiger partial charge in [0.2, 0.25) is 11.8 Å². The molecule has 4 nitrogen and oxygen atoms in total. The second kappa shape index (κ2) is 10.3. The molecule has 0 spiro atoms. The van der Waals surface area contributed by atoms with Gasteiger partial charge in [0, 0.05) is 22.6 Å². The molecule has 0 bridgehead atoms. The summed E-state index contributed by atoms with van der Waals surface area (Å²) < 4.78 is 0. The van der Waals surface area contributed by atoms with E-state index in [1.54, 1.807) is 30.0 Å². The van der Waals surface area contributed by atoms with Gasteiger partial charge in [0.05, 0.1) is 6.42 Å². The van der Waals surface area contributed by atoms with Crippen LogP contribution in [0, 0.1) is 6.92 Å². The maximum absolute atomic E-state index is 13.3. The van der Waals surface area contributed by atoms with Gasteiger partial charge in [-0.15, -0.1) is 0 Å². The summed E-state index contributed by atoms with van der Waals surface area (Å²) in [4.78, 5) is 27.8. The van der Waals surface area contributed by atoms with Crippen LogP contribution in [-0.4, -0.2) is 28.8 Å². The van der Waals surface area contributed by atoms with Crippen LogP contribution in [0.1, 0.15) is 49.3 Å². The summed E-state index contributed by atoms with van der Waals surface area (Å²) in [5.41, 5.74) is 2.83. The summed E-state index contributed by atoms with van der Waals surface area (Å²) in [7, 11) is 0. The van der Waals surface area contributed by atoms with Crippen molar-refractivity contribution in [2.45, 2.75) is 64.6 Å². The van der Waals surface area contributed by atoms with E-state index in [1.807, 2.05) is 31.2 Å². The molecular formula is C24H28Cl2N2O2. The normalized spacial score (nSPS) is 15.1. The van der Waals surface area contributed by atoms with Gasteiger partial charge in [0.25, 0.3) is 0 Å². The number of rotatable bonds is 7. The molecule has 0 radical (unpaired) electrons. The van der Waals surface area contributed by atoms with Crippen LogP contribution in [0.4, 0.5) is 0 Å². The Morgan fingerprint density at radius 2 is 1.77 bits per heavy atom. The van der Waals surface area contributed by atoms with Crippen LogP contribution in [0.15, 0.2) is 42.5 Å². The number of carbonyl (C=O) groups excluding carboxylic acids is 2. The SMILES string of the molecule is Cc1ccc(CN(C(=O)Cc2ccc(Cl)cc2Cl)[C@H](C)C(=O)NC2CCCC2)cc1. The summed E-state index contributed by atoms with van der Waals surface area (Å²) in [5.74, 6) is -0.251. The summed E-state index contributed by atoms with van der Waals surface area (Å²) >= 11 is 12.3. The zero-order chi connectivity index (χ0) is 21.7. The van der Waals surface area contributed by atoms with Gasteiger partial charge < -0.3 is 10.2 Å². The van der Waals surface area contributed by atoms with Crippen molar-refractivity contribution < 1.29 is 9.59 Å². The lowest BCUT2D eigenvalue weighted by Crippen LogP contribution is -2.50. The topological polar surface area (TPSA) is 49.4 Å². The first kappa shape index (κ1) is 22.6. The van der Waals surface area contributed by atoms with Crippen LogP contribution >= 0.6 is 23.2 Å². The molecule has 1 fully saturated rings. The molecule has 0 aromatic heterocycles. The standard InChI is InChI=1S/C24H28Cl2N2O2/c1-16-7-9-18(10-8-16)15-28(17(2)24(30)27-21-5-3-4-6-21)23(29)13-19-11-12-20(25)14-22(19)26/h7-12,14,17,21H,3-6,13,15H2,1-2H3,(H,27,30)/t17-/m1/s1. The molecule has 0 heterocycles. The van der Waals surface area contributed by atoms with Crippen molar-refractivity contribution in [1.82, 2.24) is 10.2 Å². The monoisotopic (exact) mass is 446 g/mol. The molecular weight excluding hydrogens is 419 g/mol. The van der Waals surface area contributed by atoms with E-state index >= 15 is 0 Å². The molecule has 2 aromatic rings. The smallest absolute Gasteiger partial charge is 0.242 e. The first-order chi connectivity index (χ1) is 14.3. The zero-order valence-corrected chi connectivity index (χ0v) is 19.0. The number of nitrogens with one attached hydrogen (secondary N) is 1. The second-order valence-corrected chi connectivity index (χ2v) is 8.93. The van der Waals surface area contributed by atoms with Gasteiger partial charge in [-0.1, -0.05) is 71.9 Å². The molecule has 1 aliphatic carbocycles. The van der Waals surface area contributed by atoms with Crippen molar-refractivity contribution in [3.8, 4) is 0 Å². The molecule has 1 aliphatic rings. The molecule has 1 atom stereocenters. The number of hydrogen-bond donors (Lipinski definition) is 1. The number of carbonyl (C=O) groups is 2. The van der Waals surface area contributed by atoms with Crippen molar-refractivity contribution in [3.05, 3.63) is 69.2 Å². The Labute approximate surface area is 188 Å². The van der Waals surface area contributed by atoms with E-state index in [9.17, 15) is 9.59 Å². The molecule has 6 heteroatoms. The highest BCUT2D eigenvalue weighted by atomic mass is 35.5. The highest BCUT2D eigenvalue weighted by Crippen LogP contribution is 2.23. The summed E-state index contributed by atoms with van der Waals surface area (Å²) in [5, 5.41) is 4.09. The Morgan fingerprint density at radius 3 is 2.40 bits per heavy atom. The van der Waals surface area contributed by atoms with E-state index in [0.717, 1.165) is 36.8 Å². The lowest BCUT2D eigenvalue weighted by atomic mass is 10.1. The van der Waals surface area contributed by atoms with Crippen molar-refractivity contribution in [3.63, 3.8) is 0 Å². The van der Waals surface area contributed by atoms with Crippen LogP contribution in [0.3, 0.4) is 0 Å². The number of amides is 2. The molecule has 3 rings (SSSR count). The molecule has 1 saturated carbocycles. The highest BCUT2D eigenvalue weighted by Gasteiger charge is 2.28. The van der Waals surface area contributed by atoms with Crippen LogP contribution in [-0.2, 0) is 22.6 Å². The predicted octanol–water partition coefficient (Wildman–Crippen LogP) is 5.32. The van der Waals surface area contributed by atoms with Gasteiger partial charge in [0.1, 0.15) is 6.04 Å². The van der Waals surface area contributed by atoms with Gasteiger partial charge in [-0.25, -0.2) is 0 Å².